The van der Waals surface area contributed by atoms with E-state index in [1.165, 1.54) is 35.2 Å². The third-order valence-corrected chi connectivity index (χ3v) is 9.06. The van der Waals surface area contributed by atoms with Crippen LogP contribution in [0.1, 0.15) is 31.4 Å². The number of aryl methyl sites for hydroxylation is 1. The lowest BCUT2D eigenvalue weighted by atomic mass is 10.1. The van der Waals surface area contributed by atoms with E-state index in [2.05, 4.69) is 5.32 Å². The minimum absolute atomic E-state index is 0.0138. The van der Waals surface area contributed by atoms with Crippen LogP contribution in [0.15, 0.2) is 65.6 Å². The van der Waals surface area contributed by atoms with Crippen molar-refractivity contribution < 1.29 is 18.0 Å². The number of hydrogen-bond donors (Lipinski definition) is 1. The SMILES string of the molecule is CCNC(=O)[C@@H](CC)N(Cc1ccc(Cl)c(Cl)c1)C(=O)CN(c1cc(Cl)cc(Cl)c1)S(=O)(=O)c1ccc(C)cc1. The molecule has 0 aliphatic rings. The van der Waals surface area contributed by atoms with Gasteiger partial charge < -0.3 is 10.2 Å². The number of carbonyl (C=O) groups excluding carboxylic acids is 2. The van der Waals surface area contributed by atoms with Crippen molar-refractivity contribution in [3.05, 3.63) is 91.9 Å². The molecule has 0 aliphatic carbocycles. The Morgan fingerprint density at radius 1 is 0.875 bits per heavy atom. The van der Waals surface area contributed by atoms with Crippen LogP contribution >= 0.6 is 46.4 Å². The van der Waals surface area contributed by atoms with Gasteiger partial charge in [-0.05, 0) is 68.3 Å². The highest BCUT2D eigenvalue weighted by atomic mass is 35.5. The van der Waals surface area contributed by atoms with E-state index in [4.69, 9.17) is 46.4 Å². The number of rotatable bonds is 11. The van der Waals surface area contributed by atoms with Crippen LogP contribution in [-0.4, -0.2) is 44.3 Å². The second kappa shape index (κ2) is 13.9. The molecule has 0 aromatic heterocycles. The minimum atomic E-state index is -4.25. The van der Waals surface area contributed by atoms with Gasteiger partial charge >= 0.3 is 0 Å². The summed E-state index contributed by atoms with van der Waals surface area (Å²) in [6, 6.07) is 14.6. The highest BCUT2D eigenvalue weighted by Gasteiger charge is 2.34. The molecule has 214 valence electrons. The molecule has 7 nitrogen and oxygen atoms in total. The Hall–Kier alpha value is -2.49. The quantitative estimate of drug-likeness (QED) is 0.250. The van der Waals surface area contributed by atoms with E-state index in [1.54, 1.807) is 44.2 Å². The smallest absolute Gasteiger partial charge is 0.264 e. The van der Waals surface area contributed by atoms with Gasteiger partial charge in [0.2, 0.25) is 11.8 Å². The van der Waals surface area contributed by atoms with Crippen molar-refractivity contribution in [2.75, 3.05) is 17.4 Å². The molecular formula is C28H29Cl4N3O4S. The average molecular weight is 645 g/mol. The molecule has 3 aromatic rings. The molecule has 0 fully saturated rings. The van der Waals surface area contributed by atoms with Gasteiger partial charge in [-0.15, -0.1) is 0 Å². The summed E-state index contributed by atoms with van der Waals surface area (Å²) in [6.45, 7) is 5.10. The Labute approximate surface area is 255 Å². The Morgan fingerprint density at radius 3 is 2.05 bits per heavy atom. The van der Waals surface area contributed by atoms with E-state index in [9.17, 15) is 18.0 Å². The molecule has 1 N–H and O–H groups in total. The van der Waals surface area contributed by atoms with Crippen LogP contribution in [0.25, 0.3) is 0 Å². The second-order valence-corrected chi connectivity index (χ2v) is 12.6. The third kappa shape index (κ3) is 7.83. The first kappa shape index (κ1) is 32.0. The number of hydrogen-bond acceptors (Lipinski definition) is 4. The van der Waals surface area contributed by atoms with Gasteiger partial charge in [-0.2, -0.15) is 0 Å². The van der Waals surface area contributed by atoms with Crippen LogP contribution in [0.3, 0.4) is 0 Å². The first-order valence-corrected chi connectivity index (χ1v) is 15.4. The van der Waals surface area contributed by atoms with E-state index in [0.29, 0.717) is 17.1 Å². The highest BCUT2D eigenvalue weighted by Crippen LogP contribution is 2.31. The molecule has 0 unspecified atom stereocenters. The molecule has 2 amide bonds. The summed E-state index contributed by atoms with van der Waals surface area (Å²) in [5.41, 5.74) is 1.59. The van der Waals surface area contributed by atoms with Crippen molar-refractivity contribution >= 4 is 73.9 Å². The maximum Gasteiger partial charge on any atom is 0.264 e. The van der Waals surface area contributed by atoms with Crippen molar-refractivity contribution in [3.63, 3.8) is 0 Å². The summed E-state index contributed by atoms with van der Waals surface area (Å²) in [5, 5.41) is 3.77. The summed E-state index contributed by atoms with van der Waals surface area (Å²) in [7, 11) is -4.25. The molecule has 12 heteroatoms. The maximum absolute atomic E-state index is 14.0. The fourth-order valence-electron chi connectivity index (χ4n) is 4.10. The van der Waals surface area contributed by atoms with Crippen LogP contribution < -0.4 is 9.62 Å². The van der Waals surface area contributed by atoms with Gasteiger partial charge in [-0.25, -0.2) is 8.42 Å². The lowest BCUT2D eigenvalue weighted by Crippen LogP contribution is -2.52. The van der Waals surface area contributed by atoms with E-state index < -0.39 is 28.5 Å². The zero-order chi connectivity index (χ0) is 29.6. The number of nitrogens with one attached hydrogen (secondary N) is 1. The van der Waals surface area contributed by atoms with Gasteiger partial charge in [0.25, 0.3) is 10.0 Å². The predicted octanol–water partition coefficient (Wildman–Crippen LogP) is 6.75. The lowest BCUT2D eigenvalue weighted by molar-refractivity contribution is -0.140. The van der Waals surface area contributed by atoms with E-state index >= 15 is 0 Å². The summed E-state index contributed by atoms with van der Waals surface area (Å²) in [5.74, 6) is -0.979. The minimum Gasteiger partial charge on any atom is -0.355 e. The monoisotopic (exact) mass is 643 g/mol. The molecule has 0 aliphatic heterocycles. The van der Waals surface area contributed by atoms with Crippen LogP contribution in [0.2, 0.25) is 20.1 Å². The third-order valence-electron chi connectivity index (χ3n) is 6.10. The molecule has 40 heavy (non-hydrogen) atoms. The number of sulfonamides is 1. The van der Waals surface area contributed by atoms with Crippen molar-refractivity contribution in [1.29, 1.82) is 0 Å². The van der Waals surface area contributed by atoms with Crippen molar-refractivity contribution in [3.8, 4) is 0 Å². The van der Waals surface area contributed by atoms with Crippen molar-refractivity contribution in [2.24, 2.45) is 0 Å². The van der Waals surface area contributed by atoms with Crippen LogP contribution in [0, 0.1) is 6.92 Å². The normalized spacial score (nSPS) is 12.1. The number of likely N-dealkylation sites (N-methyl/N-ethyl adjacent to an activating group) is 1. The Kier molecular flexibility index (Phi) is 11.1. The number of nitrogens with zero attached hydrogens (tertiary/aromatic N) is 2. The van der Waals surface area contributed by atoms with Gasteiger partial charge in [0.05, 0.1) is 20.6 Å². The van der Waals surface area contributed by atoms with Gasteiger partial charge in [0, 0.05) is 23.1 Å². The number of amides is 2. The first-order chi connectivity index (χ1) is 18.9. The molecule has 0 spiro atoms. The molecule has 3 rings (SSSR count). The molecule has 3 aromatic carbocycles. The lowest BCUT2D eigenvalue weighted by Gasteiger charge is -2.33. The zero-order valence-electron chi connectivity index (χ0n) is 22.1. The molecular weight excluding hydrogens is 616 g/mol. The zero-order valence-corrected chi connectivity index (χ0v) is 26.0. The Bertz CT molecular complexity index is 1460. The first-order valence-electron chi connectivity index (χ1n) is 12.4. The number of carbonyl (C=O) groups is 2. The molecule has 0 heterocycles. The molecule has 0 saturated heterocycles. The predicted molar refractivity (Wildman–Crippen MR) is 162 cm³/mol. The highest BCUT2D eigenvalue weighted by molar-refractivity contribution is 7.92. The van der Waals surface area contributed by atoms with E-state index in [1.807, 2.05) is 6.92 Å². The Balaban J connectivity index is 2.10. The van der Waals surface area contributed by atoms with Crippen LogP contribution in [-0.2, 0) is 26.2 Å². The van der Waals surface area contributed by atoms with Crippen molar-refractivity contribution in [1.82, 2.24) is 10.2 Å². The maximum atomic E-state index is 14.0. The van der Waals surface area contributed by atoms with E-state index in [0.717, 1.165) is 9.87 Å². The molecule has 0 radical (unpaired) electrons. The van der Waals surface area contributed by atoms with Gasteiger partial charge in [-0.1, -0.05) is 77.1 Å². The molecule has 1 atom stereocenters. The van der Waals surface area contributed by atoms with Gasteiger partial charge in [-0.3, -0.25) is 13.9 Å². The summed E-state index contributed by atoms with van der Waals surface area (Å²) in [6.07, 6.45) is 0.284. The summed E-state index contributed by atoms with van der Waals surface area (Å²) >= 11 is 24.7. The average Bonchev–Trinajstić information content (AvgIpc) is 2.88. The van der Waals surface area contributed by atoms with E-state index in [-0.39, 0.29) is 44.5 Å². The molecule has 0 saturated carbocycles. The number of halogens is 4. The number of benzene rings is 3. The second-order valence-electron chi connectivity index (χ2n) is 9.04. The Morgan fingerprint density at radius 2 is 1.50 bits per heavy atom. The van der Waals surface area contributed by atoms with Crippen LogP contribution in [0.4, 0.5) is 5.69 Å². The fourth-order valence-corrected chi connectivity index (χ4v) is 6.33. The largest absolute Gasteiger partial charge is 0.355 e. The fraction of sp³-hybridized carbons (Fsp3) is 0.286. The summed E-state index contributed by atoms with van der Waals surface area (Å²) < 4.78 is 28.7. The molecule has 0 bridgehead atoms. The van der Waals surface area contributed by atoms with Crippen molar-refractivity contribution in [2.45, 2.75) is 44.7 Å². The van der Waals surface area contributed by atoms with Crippen LogP contribution in [0.5, 0.6) is 0 Å². The topological polar surface area (TPSA) is 86.8 Å². The summed E-state index contributed by atoms with van der Waals surface area (Å²) in [4.78, 5) is 28.3. The standard InChI is InChI=1S/C28H29Cl4N3O4S/c1-4-26(28(37)33-5-2)34(16-19-8-11-24(31)25(32)12-19)27(36)17-35(22-14-20(29)13-21(30)15-22)40(38,39)23-9-6-18(3)7-10-23/h6-15,26H,4-5,16-17H2,1-3H3,(H,33,37)/t26-/m1/s1. The van der Waals surface area contributed by atoms with Gasteiger partial charge in [0.15, 0.2) is 0 Å². The van der Waals surface area contributed by atoms with Gasteiger partial charge in [0.1, 0.15) is 12.6 Å². The number of anilines is 1.